The molecule has 0 saturated heterocycles. The summed E-state index contributed by atoms with van der Waals surface area (Å²) in [6.45, 7) is 5.70. The van der Waals surface area contributed by atoms with Crippen LogP contribution in [0, 0.1) is 5.92 Å². The van der Waals surface area contributed by atoms with Crippen molar-refractivity contribution in [2.24, 2.45) is 11.7 Å². The fraction of sp³-hybridized carbons (Fsp3) is 0.371. The van der Waals surface area contributed by atoms with E-state index in [1.165, 1.54) is 4.90 Å². The number of alkyl carbamates (subject to hydrolysis) is 1. The molecule has 0 saturated carbocycles. The van der Waals surface area contributed by atoms with Crippen LogP contribution in [0.4, 0.5) is 10.5 Å². The predicted octanol–water partition coefficient (Wildman–Crippen LogP) is 4.08. The Bertz CT molecular complexity index is 1570. The zero-order chi connectivity index (χ0) is 33.9. The van der Waals surface area contributed by atoms with Crippen molar-refractivity contribution < 1.29 is 33.9 Å². The Morgan fingerprint density at radius 2 is 1.64 bits per heavy atom. The normalized spacial score (nSPS) is 14.7. The third kappa shape index (κ3) is 10.0. The monoisotopic (exact) mass is 645 g/mol. The molecule has 0 aromatic heterocycles. The highest BCUT2D eigenvalue weighted by atomic mass is 16.7. The highest BCUT2D eigenvalue weighted by Gasteiger charge is 2.33. The molecular formula is C35H43N5O7. The quantitative estimate of drug-likeness (QED) is 0.201. The number of anilines is 1. The standard InChI is InChI=1S/C35H43N5O7/c1-23(2)16-17-28(41)19-32(42)47-38-33(43)30(37-35(45)46-21-25-10-5-4-6-11-25)18-27-20-39(34(44)24(3)36)22-40(27)31-15-9-13-26-12-7-8-14-29(26)31/h4-15,20,23-24,28,30,41H,16-19,21-22,36H2,1-3H3,(H,37,45)(H,38,43)/t24-,28-,30?/m0/s1. The van der Waals surface area contributed by atoms with Gasteiger partial charge >= 0.3 is 12.1 Å². The van der Waals surface area contributed by atoms with E-state index in [-0.39, 0.29) is 32.0 Å². The lowest BCUT2D eigenvalue weighted by atomic mass is 10.0. The first kappa shape index (κ1) is 34.9. The van der Waals surface area contributed by atoms with Crippen molar-refractivity contribution >= 4 is 40.3 Å². The fourth-order valence-corrected chi connectivity index (χ4v) is 5.13. The molecular weight excluding hydrogens is 602 g/mol. The Morgan fingerprint density at radius 1 is 0.936 bits per heavy atom. The molecule has 0 spiro atoms. The van der Waals surface area contributed by atoms with Crippen LogP contribution in [0.15, 0.2) is 84.7 Å². The molecule has 4 rings (SSSR count). The van der Waals surface area contributed by atoms with Gasteiger partial charge in [0.2, 0.25) is 5.91 Å². The van der Waals surface area contributed by atoms with Crippen LogP contribution in [0.5, 0.6) is 0 Å². The minimum absolute atomic E-state index is 0.0360. The fourth-order valence-electron chi connectivity index (χ4n) is 5.13. The van der Waals surface area contributed by atoms with E-state index in [4.69, 9.17) is 15.3 Å². The van der Waals surface area contributed by atoms with Crippen LogP contribution in [-0.4, -0.2) is 58.7 Å². The molecule has 1 unspecified atom stereocenters. The first-order chi connectivity index (χ1) is 22.5. The number of ether oxygens (including phenoxy) is 1. The largest absolute Gasteiger partial charge is 0.445 e. The van der Waals surface area contributed by atoms with Crippen LogP contribution in [-0.2, 0) is 30.6 Å². The number of aliphatic hydroxyl groups excluding tert-OH is 1. The Kier molecular flexibility index (Phi) is 12.3. The lowest BCUT2D eigenvalue weighted by Gasteiger charge is -2.27. The molecule has 3 amide bonds. The van der Waals surface area contributed by atoms with Gasteiger partial charge in [-0.15, -0.1) is 0 Å². The maximum absolute atomic E-state index is 13.5. The van der Waals surface area contributed by atoms with Crippen molar-refractivity contribution in [3.05, 3.63) is 90.3 Å². The van der Waals surface area contributed by atoms with Gasteiger partial charge < -0.3 is 30.6 Å². The summed E-state index contributed by atoms with van der Waals surface area (Å²) in [4.78, 5) is 60.1. The van der Waals surface area contributed by atoms with Gasteiger partial charge in [-0.1, -0.05) is 80.6 Å². The van der Waals surface area contributed by atoms with Crippen molar-refractivity contribution in [3.8, 4) is 0 Å². The number of fused-ring (bicyclic) bond motifs is 1. The smallest absolute Gasteiger partial charge is 0.408 e. The van der Waals surface area contributed by atoms with E-state index in [1.807, 2.05) is 79.4 Å². The molecule has 0 fully saturated rings. The van der Waals surface area contributed by atoms with E-state index in [0.717, 1.165) is 28.4 Å². The number of carbonyl (C=O) groups excluding carboxylic acids is 4. The first-order valence-corrected chi connectivity index (χ1v) is 15.7. The van der Waals surface area contributed by atoms with E-state index in [0.29, 0.717) is 18.0 Å². The molecule has 0 radical (unpaired) electrons. The molecule has 5 N–H and O–H groups in total. The number of hydroxylamine groups is 1. The number of aliphatic hydroxyl groups is 1. The van der Waals surface area contributed by atoms with E-state index >= 15 is 0 Å². The molecule has 250 valence electrons. The van der Waals surface area contributed by atoms with Gasteiger partial charge in [0.25, 0.3) is 5.91 Å². The third-order valence-electron chi connectivity index (χ3n) is 7.65. The highest BCUT2D eigenvalue weighted by molar-refractivity contribution is 5.96. The van der Waals surface area contributed by atoms with Crippen molar-refractivity contribution in [3.63, 3.8) is 0 Å². The lowest BCUT2D eigenvalue weighted by Crippen LogP contribution is -2.48. The second kappa shape index (κ2) is 16.6. The van der Waals surface area contributed by atoms with Gasteiger partial charge in [-0.25, -0.2) is 9.59 Å². The van der Waals surface area contributed by atoms with Gasteiger partial charge in [0.05, 0.1) is 24.3 Å². The molecule has 3 atom stereocenters. The van der Waals surface area contributed by atoms with Gasteiger partial charge in [0, 0.05) is 23.7 Å². The summed E-state index contributed by atoms with van der Waals surface area (Å²) in [6.07, 6.45) is 0.529. The molecule has 0 bridgehead atoms. The van der Waals surface area contributed by atoms with E-state index < -0.39 is 36.2 Å². The Balaban J connectivity index is 1.55. The molecule has 1 aliphatic rings. The summed E-state index contributed by atoms with van der Waals surface area (Å²) in [5.41, 5.74) is 10.1. The molecule has 12 nitrogen and oxygen atoms in total. The average Bonchev–Trinajstić information content (AvgIpc) is 3.48. The Labute approximate surface area is 274 Å². The van der Waals surface area contributed by atoms with Gasteiger partial charge in [-0.05, 0) is 42.7 Å². The van der Waals surface area contributed by atoms with Crippen LogP contribution < -0.4 is 21.4 Å². The SMILES string of the molecule is CC(C)CC[C@H](O)CC(=O)ONC(=O)C(CC1=CN(C(=O)[C@H](C)N)CN1c1cccc2ccccc12)NC(=O)OCc1ccccc1. The van der Waals surface area contributed by atoms with Crippen molar-refractivity contribution in [1.82, 2.24) is 15.7 Å². The van der Waals surface area contributed by atoms with Crippen LogP contribution >= 0.6 is 0 Å². The maximum atomic E-state index is 13.5. The highest BCUT2D eigenvalue weighted by Crippen LogP contribution is 2.34. The summed E-state index contributed by atoms with van der Waals surface area (Å²) < 4.78 is 5.37. The summed E-state index contributed by atoms with van der Waals surface area (Å²) in [5, 5.41) is 14.6. The minimum atomic E-state index is -1.29. The average molecular weight is 646 g/mol. The van der Waals surface area contributed by atoms with Crippen molar-refractivity contribution in [1.29, 1.82) is 0 Å². The van der Waals surface area contributed by atoms with Crippen molar-refractivity contribution in [2.75, 3.05) is 11.6 Å². The number of hydrogen-bond donors (Lipinski definition) is 4. The first-order valence-electron chi connectivity index (χ1n) is 15.7. The predicted molar refractivity (Wildman–Crippen MR) is 177 cm³/mol. The van der Waals surface area contributed by atoms with E-state index in [9.17, 15) is 24.3 Å². The van der Waals surface area contributed by atoms with Crippen LogP contribution in [0.3, 0.4) is 0 Å². The molecule has 3 aromatic carbocycles. The van der Waals surface area contributed by atoms with Gasteiger partial charge in [0.15, 0.2) is 0 Å². The minimum Gasteiger partial charge on any atom is -0.445 e. The number of benzene rings is 3. The number of rotatable bonds is 13. The summed E-state index contributed by atoms with van der Waals surface area (Å²) >= 11 is 0. The summed E-state index contributed by atoms with van der Waals surface area (Å²) in [6, 6.07) is 20.5. The number of nitrogens with one attached hydrogen (secondary N) is 2. The maximum Gasteiger partial charge on any atom is 0.408 e. The van der Waals surface area contributed by atoms with E-state index in [1.54, 1.807) is 25.3 Å². The van der Waals surface area contributed by atoms with Crippen LogP contribution in [0.2, 0.25) is 0 Å². The molecule has 47 heavy (non-hydrogen) atoms. The van der Waals surface area contributed by atoms with Gasteiger partial charge in [-0.3, -0.25) is 14.5 Å². The topological polar surface area (TPSA) is 164 Å². The molecule has 1 aliphatic heterocycles. The van der Waals surface area contributed by atoms with Crippen LogP contribution in [0.1, 0.15) is 52.0 Å². The Hall–Kier alpha value is -4.94. The van der Waals surface area contributed by atoms with Gasteiger partial charge in [-0.2, -0.15) is 5.48 Å². The summed E-state index contributed by atoms with van der Waals surface area (Å²) in [5.74, 6) is -1.63. The summed E-state index contributed by atoms with van der Waals surface area (Å²) in [7, 11) is 0. The van der Waals surface area contributed by atoms with E-state index in [2.05, 4.69) is 10.8 Å². The zero-order valence-corrected chi connectivity index (χ0v) is 26.9. The second-order valence-electron chi connectivity index (χ2n) is 12.0. The zero-order valence-electron chi connectivity index (χ0n) is 26.9. The number of carbonyl (C=O) groups is 4. The number of nitrogens with two attached hydrogens (primary N) is 1. The molecule has 1 heterocycles. The number of amides is 3. The third-order valence-corrected chi connectivity index (χ3v) is 7.65. The van der Waals surface area contributed by atoms with Crippen LogP contribution in [0.25, 0.3) is 10.8 Å². The second-order valence-corrected chi connectivity index (χ2v) is 12.0. The molecule has 0 aliphatic carbocycles. The van der Waals surface area contributed by atoms with Crippen molar-refractivity contribution in [2.45, 2.75) is 71.2 Å². The molecule has 12 heteroatoms. The van der Waals surface area contributed by atoms with Gasteiger partial charge in [0.1, 0.15) is 19.3 Å². The lowest BCUT2D eigenvalue weighted by molar-refractivity contribution is -0.160. The molecule has 3 aromatic rings. The number of hydrogen-bond acceptors (Lipinski definition) is 9. The number of nitrogens with zero attached hydrogens (tertiary/aromatic N) is 2. The Morgan fingerprint density at radius 3 is 2.36 bits per heavy atom.